The maximum Gasteiger partial charge on any atom is 0.253 e. The van der Waals surface area contributed by atoms with Crippen LogP contribution in [0.1, 0.15) is 30.1 Å². The van der Waals surface area contributed by atoms with Crippen molar-refractivity contribution in [2.24, 2.45) is 5.92 Å². The van der Waals surface area contributed by atoms with Crippen LogP contribution in [-0.4, -0.2) is 18.3 Å². The molecular formula is C11H14Cl3NOS. The molecule has 1 rings (SSSR count). The fourth-order valence-electron chi connectivity index (χ4n) is 1.32. The molecule has 0 aliphatic carbocycles. The largest absolute Gasteiger partial charge is 0.352 e. The van der Waals surface area contributed by atoms with Crippen molar-refractivity contribution >= 4 is 52.0 Å². The normalized spacial score (nSPS) is 12.5. The number of hydrogen-bond donors (Lipinski definition) is 1. The van der Waals surface area contributed by atoms with E-state index >= 15 is 0 Å². The van der Waals surface area contributed by atoms with Gasteiger partial charge in [-0.1, -0.05) is 30.1 Å². The lowest BCUT2D eigenvalue weighted by molar-refractivity contribution is 0.0953. The lowest BCUT2D eigenvalue weighted by Crippen LogP contribution is -2.24. The summed E-state index contributed by atoms with van der Waals surface area (Å²) in [6.07, 6.45) is 1.91. The molecule has 6 heteroatoms. The summed E-state index contributed by atoms with van der Waals surface area (Å²) in [6.45, 7) is 2.72. The van der Waals surface area contributed by atoms with Gasteiger partial charge in [0.25, 0.3) is 5.91 Å². The van der Waals surface area contributed by atoms with Gasteiger partial charge in [-0.05, 0) is 24.8 Å². The molecule has 0 spiro atoms. The fraction of sp³-hybridized carbons (Fsp3) is 0.545. The maximum absolute atomic E-state index is 11.7. The summed E-state index contributed by atoms with van der Waals surface area (Å²) in [5.74, 6) is 0.962. The smallest absolute Gasteiger partial charge is 0.253 e. The van der Waals surface area contributed by atoms with Crippen molar-refractivity contribution in [1.82, 2.24) is 5.32 Å². The van der Waals surface area contributed by atoms with Crippen LogP contribution in [0.3, 0.4) is 0 Å². The van der Waals surface area contributed by atoms with Gasteiger partial charge in [-0.2, -0.15) is 0 Å². The second-order valence-electron chi connectivity index (χ2n) is 3.90. The lowest BCUT2D eigenvalue weighted by atomic mass is 10.1. The number of thiophene rings is 1. The van der Waals surface area contributed by atoms with E-state index in [1.54, 1.807) is 6.07 Å². The Kier molecular flexibility index (Phi) is 6.63. The first-order valence-electron chi connectivity index (χ1n) is 5.33. The summed E-state index contributed by atoms with van der Waals surface area (Å²) in [6, 6.07) is 1.59. The summed E-state index contributed by atoms with van der Waals surface area (Å²) in [5, 5.41) is 2.81. The molecular weight excluding hydrogens is 301 g/mol. The summed E-state index contributed by atoms with van der Waals surface area (Å²) in [7, 11) is 0. The first-order valence-corrected chi connectivity index (χ1v) is 7.44. The summed E-state index contributed by atoms with van der Waals surface area (Å²) in [4.78, 5) is 11.7. The van der Waals surface area contributed by atoms with E-state index in [4.69, 9.17) is 34.8 Å². The number of carbonyl (C=O) groups excluding carboxylic acids is 1. The Morgan fingerprint density at radius 2 is 2.24 bits per heavy atom. The van der Waals surface area contributed by atoms with Crippen molar-refractivity contribution in [3.05, 3.63) is 20.3 Å². The van der Waals surface area contributed by atoms with Crippen molar-refractivity contribution < 1.29 is 4.79 Å². The van der Waals surface area contributed by atoms with Crippen LogP contribution >= 0.6 is 46.1 Å². The fourth-order valence-corrected chi connectivity index (χ4v) is 2.93. The van der Waals surface area contributed by atoms with Crippen LogP contribution in [0, 0.1) is 5.92 Å². The minimum atomic E-state index is -0.170. The minimum absolute atomic E-state index is 0.170. The second-order valence-corrected chi connectivity index (χ2v) is 6.49. The molecule has 0 aliphatic heterocycles. The zero-order chi connectivity index (χ0) is 12.8. The van der Waals surface area contributed by atoms with Crippen molar-refractivity contribution in [3.63, 3.8) is 0 Å². The van der Waals surface area contributed by atoms with Crippen molar-refractivity contribution in [1.29, 1.82) is 0 Å². The quantitative estimate of drug-likeness (QED) is 0.610. The third-order valence-electron chi connectivity index (χ3n) is 2.32. The number of halogens is 3. The molecule has 2 nitrogen and oxygen atoms in total. The lowest BCUT2D eigenvalue weighted by Gasteiger charge is -2.07. The monoisotopic (exact) mass is 313 g/mol. The highest BCUT2D eigenvalue weighted by atomic mass is 35.5. The second kappa shape index (κ2) is 7.47. The Balaban J connectivity index is 2.33. The van der Waals surface area contributed by atoms with Gasteiger partial charge in [-0.15, -0.1) is 22.9 Å². The molecule has 1 heterocycles. The third kappa shape index (κ3) is 5.04. The van der Waals surface area contributed by atoms with Gasteiger partial charge in [0.05, 0.1) is 9.90 Å². The van der Waals surface area contributed by atoms with Crippen LogP contribution in [0.25, 0.3) is 0 Å². The molecule has 1 aromatic heterocycles. The van der Waals surface area contributed by atoms with Gasteiger partial charge in [0.1, 0.15) is 4.34 Å². The van der Waals surface area contributed by atoms with E-state index in [9.17, 15) is 4.79 Å². The topological polar surface area (TPSA) is 29.1 Å². The first-order chi connectivity index (χ1) is 8.04. The van der Waals surface area contributed by atoms with Gasteiger partial charge in [0, 0.05) is 12.4 Å². The predicted octanol–water partition coefficient (Wildman–Crippen LogP) is 4.44. The van der Waals surface area contributed by atoms with Crippen LogP contribution in [0.4, 0.5) is 0 Å². The molecule has 17 heavy (non-hydrogen) atoms. The molecule has 0 aliphatic rings. The molecule has 0 saturated carbocycles. The SMILES string of the molecule is CC(CCl)CCCNC(=O)c1cc(Cl)sc1Cl. The van der Waals surface area contributed by atoms with E-state index in [1.165, 1.54) is 11.3 Å². The Bertz CT molecular complexity index is 381. The third-order valence-corrected chi connectivity index (χ3v) is 4.34. The first kappa shape index (κ1) is 15.1. The van der Waals surface area contributed by atoms with Gasteiger partial charge in [-0.25, -0.2) is 0 Å². The molecule has 0 saturated heterocycles. The van der Waals surface area contributed by atoms with Crippen molar-refractivity contribution in [2.45, 2.75) is 19.8 Å². The Labute approximate surface area is 120 Å². The van der Waals surface area contributed by atoms with Gasteiger partial charge in [0.15, 0.2) is 0 Å². The highest BCUT2D eigenvalue weighted by Gasteiger charge is 2.13. The van der Waals surface area contributed by atoms with E-state index in [0.29, 0.717) is 32.6 Å². The van der Waals surface area contributed by atoms with Gasteiger partial charge >= 0.3 is 0 Å². The van der Waals surface area contributed by atoms with E-state index in [-0.39, 0.29) is 5.91 Å². The van der Waals surface area contributed by atoms with Crippen LogP contribution in [-0.2, 0) is 0 Å². The molecule has 1 unspecified atom stereocenters. The minimum Gasteiger partial charge on any atom is -0.352 e. The maximum atomic E-state index is 11.7. The zero-order valence-corrected chi connectivity index (χ0v) is 12.5. The molecule has 0 fully saturated rings. The molecule has 0 radical (unpaired) electrons. The Hall–Kier alpha value is 0.0400. The van der Waals surface area contributed by atoms with Gasteiger partial charge in [-0.3, -0.25) is 4.79 Å². The highest BCUT2D eigenvalue weighted by molar-refractivity contribution is 7.20. The van der Waals surface area contributed by atoms with Crippen LogP contribution in [0.15, 0.2) is 6.07 Å². The Morgan fingerprint density at radius 3 is 2.76 bits per heavy atom. The summed E-state index contributed by atoms with van der Waals surface area (Å²) < 4.78 is 0.956. The predicted molar refractivity (Wildman–Crippen MR) is 75.8 cm³/mol. The van der Waals surface area contributed by atoms with Crippen molar-refractivity contribution in [2.75, 3.05) is 12.4 Å². The molecule has 1 aromatic rings. The average molecular weight is 315 g/mol. The highest BCUT2D eigenvalue weighted by Crippen LogP contribution is 2.30. The summed E-state index contributed by atoms with van der Waals surface area (Å²) in [5.41, 5.74) is 0.451. The molecule has 0 aromatic carbocycles. The number of rotatable bonds is 6. The Morgan fingerprint density at radius 1 is 1.53 bits per heavy atom. The molecule has 1 N–H and O–H groups in total. The zero-order valence-electron chi connectivity index (χ0n) is 9.43. The number of alkyl halides is 1. The van der Waals surface area contributed by atoms with E-state index in [2.05, 4.69) is 12.2 Å². The van der Waals surface area contributed by atoms with Crippen LogP contribution in [0.2, 0.25) is 8.67 Å². The van der Waals surface area contributed by atoms with E-state index in [0.717, 1.165) is 12.8 Å². The number of nitrogens with one attached hydrogen (secondary N) is 1. The molecule has 1 atom stereocenters. The van der Waals surface area contributed by atoms with E-state index in [1.807, 2.05) is 0 Å². The number of carbonyl (C=O) groups is 1. The number of amides is 1. The van der Waals surface area contributed by atoms with Crippen LogP contribution in [0.5, 0.6) is 0 Å². The van der Waals surface area contributed by atoms with Gasteiger partial charge < -0.3 is 5.32 Å². The summed E-state index contributed by atoms with van der Waals surface area (Å²) >= 11 is 18.5. The molecule has 0 bridgehead atoms. The molecule has 1 amide bonds. The van der Waals surface area contributed by atoms with E-state index < -0.39 is 0 Å². The van der Waals surface area contributed by atoms with Gasteiger partial charge in [0.2, 0.25) is 0 Å². The van der Waals surface area contributed by atoms with Crippen LogP contribution < -0.4 is 5.32 Å². The standard InChI is InChI=1S/C11H14Cl3NOS/c1-7(6-12)3-2-4-15-11(16)8-5-9(13)17-10(8)14/h5,7H,2-4,6H2,1H3,(H,15,16). The van der Waals surface area contributed by atoms with Crippen molar-refractivity contribution in [3.8, 4) is 0 Å². The average Bonchev–Trinajstić information content (AvgIpc) is 2.63. The molecule has 96 valence electrons. The number of hydrogen-bond acceptors (Lipinski definition) is 2.